The van der Waals surface area contributed by atoms with Crippen molar-refractivity contribution >= 4 is 5.97 Å². The zero-order valence-corrected chi connectivity index (χ0v) is 20.0. The molecule has 174 valence electrons. The van der Waals surface area contributed by atoms with E-state index in [1.165, 1.54) is 57.8 Å². The smallest absolute Gasteiger partial charge is 0.338 e. The summed E-state index contributed by atoms with van der Waals surface area (Å²) in [4.78, 5) is 12.4. The quantitative estimate of drug-likeness (QED) is 0.265. The lowest BCUT2D eigenvalue weighted by atomic mass is 9.78. The molecule has 3 heteroatoms. The van der Waals surface area contributed by atoms with Crippen LogP contribution >= 0.6 is 0 Å². The number of carbonyl (C=O) groups is 1. The second kappa shape index (κ2) is 13.1. The van der Waals surface area contributed by atoms with E-state index in [0.717, 1.165) is 62.2 Å². The highest BCUT2D eigenvalue weighted by Crippen LogP contribution is 2.34. The number of unbranched alkanes of at least 4 members (excludes halogenated alkanes) is 2. The van der Waals surface area contributed by atoms with Crippen LogP contribution in [0.15, 0.2) is 24.3 Å². The Balaban J connectivity index is 1.28. The molecule has 0 spiro atoms. The van der Waals surface area contributed by atoms with Gasteiger partial charge in [-0.2, -0.15) is 0 Å². The fourth-order valence-corrected chi connectivity index (χ4v) is 5.31. The lowest BCUT2D eigenvalue weighted by molar-refractivity contribution is 0.0174. The Labute approximate surface area is 190 Å². The summed E-state index contributed by atoms with van der Waals surface area (Å²) in [5, 5.41) is 0. The third-order valence-electron chi connectivity index (χ3n) is 7.53. The van der Waals surface area contributed by atoms with E-state index >= 15 is 0 Å². The summed E-state index contributed by atoms with van der Waals surface area (Å²) in [7, 11) is 0. The number of hydrogen-bond donors (Lipinski definition) is 0. The van der Waals surface area contributed by atoms with E-state index in [1.807, 2.05) is 24.3 Å². The molecular formula is C28H44O3. The van der Waals surface area contributed by atoms with Crippen LogP contribution in [0.1, 0.15) is 114 Å². The second-order valence-electron chi connectivity index (χ2n) is 10.2. The van der Waals surface area contributed by atoms with Crippen molar-refractivity contribution in [3.8, 4) is 5.75 Å². The maximum Gasteiger partial charge on any atom is 0.338 e. The zero-order chi connectivity index (χ0) is 21.9. The van der Waals surface area contributed by atoms with Crippen molar-refractivity contribution in [2.75, 3.05) is 6.61 Å². The average Bonchev–Trinajstić information content (AvgIpc) is 2.80. The Morgan fingerprint density at radius 3 is 2.06 bits per heavy atom. The van der Waals surface area contributed by atoms with Crippen molar-refractivity contribution in [2.45, 2.75) is 110 Å². The fraction of sp³-hybridized carbons (Fsp3) is 0.750. The van der Waals surface area contributed by atoms with Crippen molar-refractivity contribution in [2.24, 2.45) is 17.8 Å². The number of benzene rings is 1. The van der Waals surface area contributed by atoms with Crippen LogP contribution in [0.25, 0.3) is 0 Å². The number of carbonyl (C=O) groups excluding carboxylic acids is 1. The summed E-state index contributed by atoms with van der Waals surface area (Å²) in [6, 6.07) is 7.48. The lowest BCUT2D eigenvalue weighted by Gasteiger charge is -2.28. The van der Waals surface area contributed by atoms with Gasteiger partial charge in [-0.15, -0.1) is 0 Å². The van der Waals surface area contributed by atoms with Crippen LogP contribution in [0.3, 0.4) is 0 Å². The van der Waals surface area contributed by atoms with E-state index < -0.39 is 0 Å². The predicted octanol–water partition coefficient (Wildman–Crippen LogP) is 7.97. The fourth-order valence-electron chi connectivity index (χ4n) is 5.31. The molecule has 0 heterocycles. The topological polar surface area (TPSA) is 35.5 Å². The summed E-state index contributed by atoms with van der Waals surface area (Å²) in [6.45, 7) is 5.33. The summed E-state index contributed by atoms with van der Waals surface area (Å²) in [5.41, 5.74) is 0.627. The minimum Gasteiger partial charge on any atom is -0.494 e. The molecule has 0 saturated heterocycles. The van der Waals surface area contributed by atoms with Crippen LogP contribution in [0, 0.1) is 17.8 Å². The van der Waals surface area contributed by atoms with Crippen LogP contribution < -0.4 is 4.74 Å². The van der Waals surface area contributed by atoms with Crippen LogP contribution in [0.5, 0.6) is 5.75 Å². The van der Waals surface area contributed by atoms with Gasteiger partial charge in [0.15, 0.2) is 0 Å². The van der Waals surface area contributed by atoms with Gasteiger partial charge in [0.1, 0.15) is 11.9 Å². The number of esters is 1. The molecule has 0 amide bonds. The molecule has 0 bridgehead atoms. The standard InChI is InChI=1S/C28H44O3/c1-3-4-5-7-23-11-13-24(14-12-23)8-6-21-30-26-19-15-25(16-20-26)28(29)31-27-17-9-22(2)10-18-27/h15-16,19-20,22-24,27H,3-14,17-18,21H2,1-2H3/t22-,23-,24-,27-. The zero-order valence-electron chi connectivity index (χ0n) is 20.0. The summed E-state index contributed by atoms with van der Waals surface area (Å²) in [5.74, 6) is 3.30. The minimum atomic E-state index is -0.198. The maximum atomic E-state index is 12.4. The van der Waals surface area contributed by atoms with Gasteiger partial charge in [0, 0.05) is 0 Å². The molecule has 0 aliphatic heterocycles. The molecular weight excluding hydrogens is 384 g/mol. The van der Waals surface area contributed by atoms with Crippen molar-refractivity contribution < 1.29 is 14.3 Å². The van der Waals surface area contributed by atoms with Gasteiger partial charge in [0.25, 0.3) is 0 Å². The molecule has 1 aromatic rings. The second-order valence-corrected chi connectivity index (χ2v) is 10.2. The highest BCUT2D eigenvalue weighted by Gasteiger charge is 2.22. The highest BCUT2D eigenvalue weighted by atomic mass is 16.5. The first-order valence-electron chi connectivity index (χ1n) is 13.1. The van der Waals surface area contributed by atoms with Crippen molar-refractivity contribution in [3.63, 3.8) is 0 Å². The Hall–Kier alpha value is -1.51. The lowest BCUT2D eigenvalue weighted by Crippen LogP contribution is -2.23. The summed E-state index contributed by atoms with van der Waals surface area (Å²) in [6.07, 6.45) is 18.1. The Kier molecular flexibility index (Phi) is 10.2. The van der Waals surface area contributed by atoms with E-state index in [1.54, 1.807) is 0 Å². The van der Waals surface area contributed by atoms with Gasteiger partial charge in [0.05, 0.1) is 12.2 Å². The molecule has 3 rings (SSSR count). The maximum absolute atomic E-state index is 12.4. The van der Waals surface area contributed by atoms with Crippen LogP contribution in [-0.4, -0.2) is 18.7 Å². The van der Waals surface area contributed by atoms with E-state index in [4.69, 9.17) is 9.47 Å². The molecule has 0 radical (unpaired) electrons. The summed E-state index contributed by atoms with van der Waals surface area (Å²) >= 11 is 0. The molecule has 0 aromatic heterocycles. The van der Waals surface area contributed by atoms with Gasteiger partial charge >= 0.3 is 5.97 Å². The van der Waals surface area contributed by atoms with Gasteiger partial charge in [0.2, 0.25) is 0 Å². The molecule has 1 aromatic carbocycles. The van der Waals surface area contributed by atoms with Crippen molar-refractivity contribution in [1.82, 2.24) is 0 Å². The SMILES string of the molecule is CCCCC[C@H]1CC[C@H](CCCOc2ccc(C(=O)O[C@H]3CC[C@H](C)CC3)cc2)CC1. The molecule has 31 heavy (non-hydrogen) atoms. The van der Waals surface area contributed by atoms with Gasteiger partial charge in [-0.05, 0) is 80.5 Å². The third-order valence-corrected chi connectivity index (χ3v) is 7.53. The van der Waals surface area contributed by atoms with E-state index in [0.29, 0.717) is 5.56 Å². The summed E-state index contributed by atoms with van der Waals surface area (Å²) < 4.78 is 11.6. The highest BCUT2D eigenvalue weighted by molar-refractivity contribution is 5.89. The van der Waals surface area contributed by atoms with E-state index in [2.05, 4.69) is 13.8 Å². The van der Waals surface area contributed by atoms with Gasteiger partial charge in [-0.3, -0.25) is 0 Å². The molecule has 2 aliphatic rings. The molecule has 2 aliphatic carbocycles. The number of rotatable bonds is 11. The molecule has 0 unspecified atom stereocenters. The molecule has 2 fully saturated rings. The first-order chi connectivity index (χ1) is 15.1. The van der Waals surface area contributed by atoms with Crippen LogP contribution in [0.4, 0.5) is 0 Å². The van der Waals surface area contributed by atoms with Gasteiger partial charge in [-0.1, -0.05) is 65.2 Å². The molecule has 0 atom stereocenters. The Bertz CT molecular complexity index is 622. The normalized spacial score (nSPS) is 26.4. The number of hydrogen-bond acceptors (Lipinski definition) is 3. The average molecular weight is 429 g/mol. The van der Waals surface area contributed by atoms with Gasteiger partial charge in [-0.25, -0.2) is 4.79 Å². The van der Waals surface area contributed by atoms with Crippen LogP contribution in [-0.2, 0) is 4.74 Å². The van der Waals surface area contributed by atoms with E-state index in [-0.39, 0.29) is 12.1 Å². The Morgan fingerprint density at radius 2 is 1.45 bits per heavy atom. The third kappa shape index (κ3) is 8.50. The Morgan fingerprint density at radius 1 is 0.839 bits per heavy atom. The largest absolute Gasteiger partial charge is 0.494 e. The first kappa shape index (κ1) is 24.1. The van der Waals surface area contributed by atoms with Gasteiger partial charge < -0.3 is 9.47 Å². The molecule has 3 nitrogen and oxygen atoms in total. The molecule has 2 saturated carbocycles. The van der Waals surface area contributed by atoms with Crippen molar-refractivity contribution in [1.29, 1.82) is 0 Å². The number of ether oxygens (including phenoxy) is 2. The van der Waals surface area contributed by atoms with Crippen LogP contribution in [0.2, 0.25) is 0 Å². The monoisotopic (exact) mass is 428 g/mol. The molecule has 0 N–H and O–H groups in total. The van der Waals surface area contributed by atoms with Crippen molar-refractivity contribution in [3.05, 3.63) is 29.8 Å². The minimum absolute atomic E-state index is 0.0889. The predicted molar refractivity (Wildman–Crippen MR) is 128 cm³/mol. The van der Waals surface area contributed by atoms with E-state index in [9.17, 15) is 4.79 Å². The first-order valence-corrected chi connectivity index (χ1v) is 13.1.